The molecular formula is C28H33ClN6O3. The fourth-order valence-corrected chi connectivity index (χ4v) is 5.10. The van der Waals surface area contributed by atoms with Crippen LogP contribution >= 0.6 is 0 Å². The van der Waals surface area contributed by atoms with E-state index in [0.717, 1.165) is 28.0 Å². The zero-order valence-electron chi connectivity index (χ0n) is 21.8. The molecule has 0 aliphatic heterocycles. The standard InChI is InChI=1S/C28H32N6O3.ClH/c1-15-11-18(12-16(2)30-15)31-27-29-14-19(22-10-9-17-7-5-6-8-21(17)32-22)26(34-27)33-23-13-20(28(3,4)37)24(35)25(23)36;/h5-12,14,20,23-25,35-37H,13H2,1-4H3,(H2,29,30,31,33,34);1H/t20-,23+,24+,25-;/m0./s1. The smallest absolute Gasteiger partial charge is 0.396 e. The minimum Gasteiger partial charge on any atom is -1.00 e. The number of rotatable bonds is 6. The average molecular weight is 537 g/mol. The normalized spacial score (nSPS) is 21.2. The summed E-state index contributed by atoms with van der Waals surface area (Å²) in [7, 11) is 0. The summed E-state index contributed by atoms with van der Waals surface area (Å²) in [4.78, 5) is 17.3. The fraction of sp³-hybridized carbons (Fsp3) is 0.357. The molecule has 1 aliphatic carbocycles. The number of nitrogens with zero attached hydrogens (tertiary/aromatic N) is 3. The molecule has 1 fully saturated rings. The highest BCUT2D eigenvalue weighted by Crippen LogP contribution is 2.37. The number of halogens is 1. The molecule has 1 saturated carbocycles. The number of aromatic amines is 1. The lowest BCUT2D eigenvalue weighted by Gasteiger charge is -2.28. The van der Waals surface area contributed by atoms with Gasteiger partial charge in [-0.25, -0.2) is 15.3 Å². The Morgan fingerprint density at radius 2 is 1.66 bits per heavy atom. The average Bonchev–Trinajstić information content (AvgIpc) is 3.12. The van der Waals surface area contributed by atoms with E-state index < -0.39 is 29.8 Å². The Bertz CT molecular complexity index is 1420. The molecule has 5 rings (SSSR count). The molecule has 0 spiro atoms. The van der Waals surface area contributed by atoms with Gasteiger partial charge in [-0.15, -0.1) is 0 Å². The van der Waals surface area contributed by atoms with Gasteiger partial charge in [0.25, 0.3) is 0 Å². The van der Waals surface area contributed by atoms with Crippen LogP contribution in [0.1, 0.15) is 31.7 Å². The third kappa shape index (κ3) is 5.71. The van der Waals surface area contributed by atoms with Crippen molar-refractivity contribution in [2.45, 2.75) is 58.0 Å². The molecule has 1 aromatic carbocycles. The van der Waals surface area contributed by atoms with Crippen LogP contribution in [0.25, 0.3) is 22.2 Å². The summed E-state index contributed by atoms with van der Waals surface area (Å²) >= 11 is 0. The minimum atomic E-state index is -1.14. The van der Waals surface area contributed by atoms with E-state index in [1.54, 1.807) is 13.8 Å². The van der Waals surface area contributed by atoms with Gasteiger partial charge in [0.1, 0.15) is 11.8 Å². The number of nitrogens with one attached hydrogen (secondary N) is 3. The predicted molar refractivity (Wildman–Crippen MR) is 142 cm³/mol. The highest BCUT2D eigenvalue weighted by molar-refractivity contribution is 5.83. The van der Waals surface area contributed by atoms with Gasteiger partial charge in [0.2, 0.25) is 5.82 Å². The lowest BCUT2D eigenvalue weighted by molar-refractivity contribution is -0.363. The maximum Gasteiger partial charge on any atom is 0.396 e. The number of aliphatic hydroxyl groups excluding tert-OH is 2. The number of aliphatic hydroxyl groups is 3. The highest BCUT2D eigenvalue weighted by atomic mass is 35.5. The van der Waals surface area contributed by atoms with Crippen LogP contribution in [0.4, 0.5) is 17.5 Å². The number of aromatic nitrogens is 4. The van der Waals surface area contributed by atoms with Crippen molar-refractivity contribution in [1.29, 1.82) is 0 Å². The van der Waals surface area contributed by atoms with Crippen molar-refractivity contribution in [2.75, 3.05) is 10.6 Å². The van der Waals surface area contributed by atoms with E-state index >= 15 is 0 Å². The number of pyridine rings is 2. The van der Waals surface area contributed by atoms with E-state index in [1.807, 2.05) is 68.6 Å². The number of fused-ring (bicyclic) bond motifs is 1. The predicted octanol–water partition coefficient (Wildman–Crippen LogP) is 0.163. The van der Waals surface area contributed by atoms with Crippen molar-refractivity contribution >= 4 is 28.4 Å². The highest BCUT2D eigenvalue weighted by Gasteiger charge is 2.48. The van der Waals surface area contributed by atoms with Crippen LogP contribution in [0.5, 0.6) is 0 Å². The summed E-state index contributed by atoms with van der Waals surface area (Å²) in [5, 5.41) is 39.7. The van der Waals surface area contributed by atoms with Crippen LogP contribution in [-0.2, 0) is 0 Å². The molecule has 4 atom stereocenters. The van der Waals surface area contributed by atoms with E-state index in [1.165, 1.54) is 0 Å². The van der Waals surface area contributed by atoms with Gasteiger partial charge in [-0.1, -0.05) is 29.2 Å². The maximum absolute atomic E-state index is 10.8. The topological polar surface area (TPSA) is 138 Å². The van der Waals surface area contributed by atoms with Crippen LogP contribution in [-0.4, -0.2) is 54.1 Å². The summed E-state index contributed by atoms with van der Waals surface area (Å²) in [6.07, 6.45) is 0.0699. The number of benzene rings is 1. The van der Waals surface area contributed by atoms with Gasteiger partial charge in [0, 0.05) is 22.7 Å². The second kappa shape index (κ2) is 10.8. The molecule has 0 saturated heterocycles. The van der Waals surface area contributed by atoms with Gasteiger partial charge in [-0.05, 0) is 58.4 Å². The van der Waals surface area contributed by atoms with Crippen LogP contribution in [0.2, 0.25) is 0 Å². The lowest BCUT2D eigenvalue weighted by Crippen LogP contribution is -3.00. The zero-order valence-corrected chi connectivity index (χ0v) is 22.5. The third-order valence-electron chi connectivity index (χ3n) is 6.96. The minimum absolute atomic E-state index is 0. The monoisotopic (exact) mass is 536 g/mol. The molecule has 9 nitrogen and oxygen atoms in total. The number of H-pyrrole nitrogens is 1. The summed E-state index contributed by atoms with van der Waals surface area (Å²) in [5.41, 5.74) is 3.76. The van der Waals surface area contributed by atoms with Gasteiger partial charge < -0.3 is 33.0 Å². The molecule has 6 N–H and O–H groups in total. The van der Waals surface area contributed by atoms with Crippen molar-refractivity contribution in [3.05, 3.63) is 66.1 Å². The summed E-state index contributed by atoms with van der Waals surface area (Å²) in [6.45, 7) is 7.17. The van der Waals surface area contributed by atoms with E-state index in [0.29, 0.717) is 29.4 Å². The third-order valence-corrected chi connectivity index (χ3v) is 6.96. The number of hydrogen-bond donors (Lipinski definition) is 5. The SMILES string of the molecule is Cc1cc(Nc2nc(N[C@@H]3C[C@H](C(C)(C)O)[C@@H](O)[C@H]3O)c(-c3ccc4ccccc4n3)c[nH+]2)cc(C)n1.[Cl-]. The first kappa shape index (κ1) is 27.7. The second-order valence-electron chi connectivity index (χ2n) is 10.4. The molecular weight excluding hydrogens is 504 g/mol. The molecule has 10 heteroatoms. The van der Waals surface area contributed by atoms with Crippen molar-refractivity contribution in [3.63, 3.8) is 0 Å². The molecule has 1 aliphatic rings. The van der Waals surface area contributed by atoms with Crippen molar-refractivity contribution < 1.29 is 32.7 Å². The Labute approximate surface area is 227 Å². The number of aryl methyl sites for hydroxylation is 2. The maximum atomic E-state index is 10.8. The summed E-state index contributed by atoms with van der Waals surface area (Å²) in [6, 6.07) is 15.2. The molecule has 4 aromatic rings. The Balaban J connectivity index is 0.00000336. The van der Waals surface area contributed by atoms with Gasteiger partial charge >= 0.3 is 5.95 Å². The zero-order chi connectivity index (χ0) is 26.3. The van der Waals surface area contributed by atoms with Crippen LogP contribution in [0.3, 0.4) is 0 Å². The van der Waals surface area contributed by atoms with Crippen molar-refractivity contribution in [2.24, 2.45) is 5.92 Å². The van der Waals surface area contributed by atoms with Crippen molar-refractivity contribution in [1.82, 2.24) is 15.0 Å². The second-order valence-corrected chi connectivity index (χ2v) is 10.4. The molecule has 38 heavy (non-hydrogen) atoms. The molecule has 0 unspecified atom stereocenters. The Morgan fingerprint density at radius 3 is 2.34 bits per heavy atom. The molecule has 3 aromatic heterocycles. The number of anilines is 3. The molecule has 3 heterocycles. The van der Waals surface area contributed by atoms with E-state index in [9.17, 15) is 15.3 Å². The van der Waals surface area contributed by atoms with Gasteiger partial charge in [-0.3, -0.25) is 4.98 Å². The Hall–Kier alpha value is -3.37. The number of hydrogen-bond acceptors (Lipinski definition) is 8. The molecule has 0 amide bonds. The van der Waals surface area contributed by atoms with Gasteiger partial charge in [-0.2, -0.15) is 0 Å². The number of para-hydroxylation sites is 1. The van der Waals surface area contributed by atoms with Gasteiger partial charge in [0.15, 0.2) is 0 Å². The largest absolute Gasteiger partial charge is 1.00 e. The molecule has 0 radical (unpaired) electrons. The first-order chi connectivity index (χ1) is 17.6. The van der Waals surface area contributed by atoms with E-state index in [2.05, 4.69) is 20.6 Å². The Kier molecular flexibility index (Phi) is 7.85. The Morgan fingerprint density at radius 1 is 0.947 bits per heavy atom. The summed E-state index contributed by atoms with van der Waals surface area (Å²) < 4.78 is 0. The van der Waals surface area contributed by atoms with Crippen LogP contribution in [0.15, 0.2) is 54.7 Å². The fourth-order valence-electron chi connectivity index (χ4n) is 5.10. The molecule has 0 bridgehead atoms. The molecule has 200 valence electrons. The summed E-state index contributed by atoms with van der Waals surface area (Å²) in [5.74, 6) is 0.501. The first-order valence-corrected chi connectivity index (χ1v) is 12.4. The van der Waals surface area contributed by atoms with Crippen LogP contribution < -0.4 is 28.0 Å². The van der Waals surface area contributed by atoms with E-state index in [4.69, 9.17) is 9.97 Å². The lowest BCUT2D eigenvalue weighted by atomic mass is 9.88. The van der Waals surface area contributed by atoms with Gasteiger partial charge in [0.05, 0.1) is 40.7 Å². The quantitative estimate of drug-likeness (QED) is 0.235. The van der Waals surface area contributed by atoms with Crippen molar-refractivity contribution in [3.8, 4) is 11.3 Å². The van der Waals surface area contributed by atoms with Crippen LogP contribution in [0, 0.1) is 19.8 Å². The first-order valence-electron chi connectivity index (χ1n) is 12.4. The van der Waals surface area contributed by atoms with E-state index in [-0.39, 0.29) is 12.4 Å².